The monoisotopic (exact) mass is 330 g/mol. The van der Waals surface area contributed by atoms with E-state index in [0.717, 1.165) is 36.6 Å². The molecule has 22 heavy (non-hydrogen) atoms. The van der Waals surface area contributed by atoms with Crippen molar-refractivity contribution in [2.75, 3.05) is 11.9 Å². The van der Waals surface area contributed by atoms with Crippen molar-refractivity contribution in [2.45, 2.75) is 32.4 Å². The van der Waals surface area contributed by atoms with Crippen molar-refractivity contribution in [3.05, 3.63) is 39.2 Å². The minimum Gasteiger partial charge on any atom is -0.367 e. The largest absolute Gasteiger partial charge is 0.367 e. The minimum atomic E-state index is 0.356. The van der Waals surface area contributed by atoms with E-state index in [0.29, 0.717) is 6.04 Å². The zero-order valence-corrected chi connectivity index (χ0v) is 14.1. The number of hydrogen-bond acceptors (Lipinski definition) is 6. The fourth-order valence-electron chi connectivity index (χ4n) is 2.98. The zero-order chi connectivity index (χ0) is 14.9. The molecule has 1 atom stereocenters. The lowest BCUT2D eigenvalue weighted by Gasteiger charge is -2.16. The van der Waals surface area contributed by atoms with Crippen LogP contribution in [0, 0.1) is 0 Å². The molecule has 1 aliphatic heterocycles. The summed E-state index contributed by atoms with van der Waals surface area (Å²) in [7, 11) is 0. The van der Waals surface area contributed by atoms with Gasteiger partial charge in [0.05, 0.1) is 5.39 Å². The summed E-state index contributed by atoms with van der Waals surface area (Å²) in [4.78, 5) is 12.9. The molecule has 4 nitrogen and oxygen atoms in total. The van der Waals surface area contributed by atoms with E-state index in [9.17, 15) is 0 Å². The molecule has 3 aromatic rings. The third kappa shape index (κ3) is 2.62. The van der Waals surface area contributed by atoms with Gasteiger partial charge < -0.3 is 10.6 Å². The molecule has 0 fully saturated rings. The second-order valence-electron chi connectivity index (χ2n) is 5.66. The quantitative estimate of drug-likeness (QED) is 0.769. The third-order valence-corrected chi connectivity index (χ3v) is 6.02. The minimum absolute atomic E-state index is 0.356. The summed E-state index contributed by atoms with van der Waals surface area (Å²) in [5, 5.41) is 10.4. The molecule has 0 unspecified atom stereocenters. The molecule has 6 heteroatoms. The summed E-state index contributed by atoms with van der Waals surface area (Å²) in [6.07, 6.45) is 3.77. The summed E-state index contributed by atoms with van der Waals surface area (Å²) in [6, 6.07) is 4.66. The Labute approximate surface area is 137 Å². The predicted molar refractivity (Wildman–Crippen MR) is 93.9 cm³/mol. The second kappa shape index (κ2) is 5.95. The molecule has 0 aromatic carbocycles. The van der Waals surface area contributed by atoms with E-state index in [1.54, 1.807) is 17.7 Å². The molecule has 4 rings (SSSR count). The average Bonchev–Trinajstić information content (AvgIpc) is 3.14. The molecule has 0 aliphatic carbocycles. The van der Waals surface area contributed by atoms with Crippen molar-refractivity contribution in [1.82, 2.24) is 15.3 Å². The number of nitrogens with one attached hydrogen (secondary N) is 2. The Bertz CT molecular complexity index is 779. The first-order valence-corrected chi connectivity index (χ1v) is 9.26. The first-order chi connectivity index (χ1) is 10.8. The number of nitrogens with zero attached hydrogens (tertiary/aromatic N) is 2. The summed E-state index contributed by atoms with van der Waals surface area (Å²) in [6.45, 7) is 4.21. The molecular weight excluding hydrogens is 312 g/mol. The van der Waals surface area contributed by atoms with Crippen molar-refractivity contribution < 1.29 is 0 Å². The van der Waals surface area contributed by atoms with Crippen LogP contribution in [-0.4, -0.2) is 22.6 Å². The van der Waals surface area contributed by atoms with Crippen LogP contribution in [0.2, 0.25) is 0 Å². The van der Waals surface area contributed by atoms with Crippen molar-refractivity contribution in [3.63, 3.8) is 0 Å². The predicted octanol–water partition coefficient (Wildman–Crippen LogP) is 3.44. The van der Waals surface area contributed by atoms with Gasteiger partial charge in [-0.3, -0.25) is 0 Å². The van der Waals surface area contributed by atoms with Gasteiger partial charge in [0.25, 0.3) is 0 Å². The van der Waals surface area contributed by atoms with E-state index in [4.69, 9.17) is 0 Å². The van der Waals surface area contributed by atoms with E-state index in [2.05, 4.69) is 45.0 Å². The molecule has 0 saturated heterocycles. The van der Waals surface area contributed by atoms with Crippen LogP contribution >= 0.6 is 22.7 Å². The highest BCUT2D eigenvalue weighted by Crippen LogP contribution is 2.35. The van der Waals surface area contributed by atoms with Crippen LogP contribution in [0.25, 0.3) is 10.2 Å². The van der Waals surface area contributed by atoms with Gasteiger partial charge in [-0.15, -0.1) is 22.7 Å². The Morgan fingerprint density at radius 1 is 1.41 bits per heavy atom. The molecule has 0 saturated carbocycles. The number of rotatable bonds is 4. The van der Waals surface area contributed by atoms with E-state index in [1.165, 1.54) is 20.7 Å². The van der Waals surface area contributed by atoms with Crippen molar-refractivity contribution in [3.8, 4) is 0 Å². The molecule has 0 radical (unpaired) electrons. The first-order valence-electron chi connectivity index (χ1n) is 7.56. The van der Waals surface area contributed by atoms with E-state index < -0.39 is 0 Å². The first kappa shape index (κ1) is 14.1. The van der Waals surface area contributed by atoms with Crippen LogP contribution in [-0.2, 0) is 19.4 Å². The van der Waals surface area contributed by atoms with E-state index >= 15 is 0 Å². The van der Waals surface area contributed by atoms with Crippen molar-refractivity contribution in [2.24, 2.45) is 0 Å². The lowest BCUT2D eigenvalue weighted by Crippen LogP contribution is -2.22. The van der Waals surface area contributed by atoms with Crippen molar-refractivity contribution >= 4 is 38.7 Å². The summed E-state index contributed by atoms with van der Waals surface area (Å²) in [5.41, 5.74) is 1.44. The number of aromatic nitrogens is 2. The molecule has 0 bridgehead atoms. The summed E-state index contributed by atoms with van der Waals surface area (Å²) < 4.78 is 0. The maximum atomic E-state index is 4.52. The Kier molecular flexibility index (Phi) is 3.82. The fraction of sp³-hybridized carbons (Fsp3) is 0.375. The third-order valence-electron chi connectivity index (χ3n) is 3.98. The highest BCUT2D eigenvalue weighted by Gasteiger charge is 2.20. The number of anilines is 1. The lowest BCUT2D eigenvalue weighted by atomic mass is 10.1. The highest BCUT2D eigenvalue weighted by molar-refractivity contribution is 7.19. The maximum Gasteiger partial charge on any atom is 0.138 e. The van der Waals surface area contributed by atoms with E-state index in [1.807, 2.05) is 11.3 Å². The standard InChI is InChI=1S/C16H18N4S2/c1-10(7-11-3-2-6-21-11)20-15-14-12-4-5-17-8-13(12)22-16(14)19-9-18-15/h2-3,6,9-10,17H,4-5,7-8H2,1H3,(H,18,19,20)/t10-/m0/s1. The van der Waals surface area contributed by atoms with Gasteiger partial charge in [-0.05, 0) is 36.9 Å². The van der Waals surface area contributed by atoms with Gasteiger partial charge in [0.2, 0.25) is 0 Å². The van der Waals surface area contributed by atoms with Crippen LogP contribution in [0.1, 0.15) is 22.2 Å². The Morgan fingerprint density at radius 2 is 2.36 bits per heavy atom. The van der Waals surface area contributed by atoms with Gasteiger partial charge in [-0.1, -0.05) is 6.07 Å². The molecule has 4 heterocycles. The SMILES string of the molecule is C[C@@H](Cc1cccs1)Nc1ncnc2sc3c(c12)CCNC3. The van der Waals surface area contributed by atoms with Crippen LogP contribution in [0.4, 0.5) is 5.82 Å². The fourth-order valence-corrected chi connectivity index (χ4v) is 4.98. The molecule has 114 valence electrons. The molecule has 2 N–H and O–H groups in total. The van der Waals surface area contributed by atoms with E-state index in [-0.39, 0.29) is 0 Å². The average molecular weight is 330 g/mol. The Balaban J connectivity index is 1.65. The molecule has 1 aliphatic rings. The number of thiophene rings is 2. The zero-order valence-electron chi connectivity index (χ0n) is 12.4. The van der Waals surface area contributed by atoms with Gasteiger partial charge >= 0.3 is 0 Å². The normalized spacial score (nSPS) is 15.7. The maximum absolute atomic E-state index is 4.52. The van der Waals surface area contributed by atoms with Crippen LogP contribution in [0.15, 0.2) is 23.8 Å². The van der Waals surface area contributed by atoms with Crippen LogP contribution < -0.4 is 10.6 Å². The molecule has 0 spiro atoms. The smallest absolute Gasteiger partial charge is 0.138 e. The van der Waals surface area contributed by atoms with Gasteiger partial charge in [0.15, 0.2) is 0 Å². The van der Waals surface area contributed by atoms with Crippen molar-refractivity contribution in [1.29, 1.82) is 0 Å². The number of hydrogen-bond donors (Lipinski definition) is 2. The van der Waals surface area contributed by atoms with Gasteiger partial charge in [-0.25, -0.2) is 9.97 Å². The van der Waals surface area contributed by atoms with Gasteiger partial charge in [0.1, 0.15) is 17.0 Å². The summed E-state index contributed by atoms with van der Waals surface area (Å²) in [5.74, 6) is 0.994. The van der Waals surface area contributed by atoms with Crippen LogP contribution in [0.3, 0.4) is 0 Å². The Morgan fingerprint density at radius 3 is 3.23 bits per heavy atom. The lowest BCUT2D eigenvalue weighted by molar-refractivity contribution is 0.657. The summed E-state index contributed by atoms with van der Waals surface area (Å²) >= 11 is 3.61. The highest BCUT2D eigenvalue weighted by atomic mass is 32.1. The number of fused-ring (bicyclic) bond motifs is 3. The second-order valence-corrected chi connectivity index (χ2v) is 7.78. The van der Waals surface area contributed by atoms with Crippen LogP contribution in [0.5, 0.6) is 0 Å². The molecular formula is C16H18N4S2. The topological polar surface area (TPSA) is 49.8 Å². The van der Waals surface area contributed by atoms with Gasteiger partial charge in [0, 0.05) is 28.8 Å². The van der Waals surface area contributed by atoms with Gasteiger partial charge in [-0.2, -0.15) is 0 Å². The Hall–Kier alpha value is -1.50. The molecule has 3 aromatic heterocycles. The molecule has 0 amide bonds.